The van der Waals surface area contributed by atoms with Crippen molar-refractivity contribution in [2.75, 3.05) is 6.61 Å². The van der Waals surface area contributed by atoms with Crippen LogP contribution in [0.3, 0.4) is 0 Å². The van der Waals surface area contributed by atoms with Crippen LogP contribution in [0, 0.1) is 11.3 Å². The van der Waals surface area contributed by atoms with E-state index in [0.717, 1.165) is 24.1 Å². The first kappa shape index (κ1) is 15.2. The molecule has 5 nitrogen and oxygen atoms in total. The van der Waals surface area contributed by atoms with Gasteiger partial charge in [-0.3, -0.25) is 0 Å². The summed E-state index contributed by atoms with van der Waals surface area (Å²) < 4.78 is 8.01. The molecule has 2 atom stereocenters. The van der Waals surface area contributed by atoms with Gasteiger partial charge in [-0.15, -0.1) is 0 Å². The molecule has 2 unspecified atom stereocenters. The van der Waals surface area contributed by atoms with Crippen LogP contribution in [-0.2, 0) is 16.0 Å². The third-order valence-corrected chi connectivity index (χ3v) is 4.20. The summed E-state index contributed by atoms with van der Waals surface area (Å²) in [6.07, 6.45) is 4.85. The SMILES string of the molecule is CCOC1CCc2c(C=C=O)ncn2C1c1ccc(C#N)cc1. The molecule has 1 aliphatic rings. The van der Waals surface area contributed by atoms with Crippen LogP contribution < -0.4 is 0 Å². The van der Waals surface area contributed by atoms with Gasteiger partial charge in [-0.2, -0.15) is 5.26 Å². The van der Waals surface area contributed by atoms with Gasteiger partial charge in [0, 0.05) is 18.4 Å². The predicted octanol–water partition coefficient (Wildman–Crippen LogP) is 2.54. The van der Waals surface area contributed by atoms with Crippen molar-refractivity contribution in [1.29, 1.82) is 5.26 Å². The zero-order valence-corrected chi connectivity index (χ0v) is 12.9. The molecule has 0 amide bonds. The maximum atomic E-state index is 10.7. The Morgan fingerprint density at radius 1 is 1.43 bits per heavy atom. The first-order valence-electron chi connectivity index (χ1n) is 7.66. The molecule has 2 heterocycles. The highest BCUT2D eigenvalue weighted by atomic mass is 16.5. The van der Waals surface area contributed by atoms with Crippen LogP contribution in [0.5, 0.6) is 0 Å². The van der Waals surface area contributed by atoms with Crippen molar-refractivity contribution >= 4 is 12.0 Å². The maximum Gasteiger partial charge on any atom is 0.126 e. The van der Waals surface area contributed by atoms with Crippen molar-refractivity contribution in [3.63, 3.8) is 0 Å². The fraction of sp³-hybridized carbons (Fsp3) is 0.333. The summed E-state index contributed by atoms with van der Waals surface area (Å²) in [7, 11) is 0. The average molecular weight is 307 g/mol. The van der Waals surface area contributed by atoms with Crippen molar-refractivity contribution in [2.45, 2.75) is 31.9 Å². The molecule has 1 aromatic heterocycles. The van der Waals surface area contributed by atoms with E-state index in [9.17, 15) is 4.79 Å². The van der Waals surface area contributed by atoms with Gasteiger partial charge in [0.15, 0.2) is 0 Å². The zero-order chi connectivity index (χ0) is 16.2. The maximum absolute atomic E-state index is 10.7. The van der Waals surface area contributed by atoms with Crippen molar-refractivity contribution in [3.05, 3.63) is 53.1 Å². The topological polar surface area (TPSA) is 67.9 Å². The Balaban J connectivity index is 2.06. The van der Waals surface area contributed by atoms with Crippen LogP contribution in [0.1, 0.15) is 41.9 Å². The quantitative estimate of drug-likeness (QED) is 0.814. The number of benzene rings is 1. The lowest BCUT2D eigenvalue weighted by Gasteiger charge is -2.34. The minimum Gasteiger partial charge on any atom is -0.376 e. The number of fused-ring (bicyclic) bond motifs is 1. The Labute approximate surface area is 134 Å². The highest BCUT2D eigenvalue weighted by molar-refractivity contribution is 5.74. The molecule has 1 aromatic carbocycles. The number of rotatable bonds is 4. The van der Waals surface area contributed by atoms with Crippen LogP contribution in [0.2, 0.25) is 0 Å². The molecule has 0 saturated carbocycles. The lowest BCUT2D eigenvalue weighted by atomic mass is 9.92. The zero-order valence-electron chi connectivity index (χ0n) is 12.9. The number of nitriles is 1. The first-order valence-corrected chi connectivity index (χ1v) is 7.66. The molecular formula is C18H17N3O2. The van der Waals surface area contributed by atoms with Crippen molar-refractivity contribution < 1.29 is 9.53 Å². The van der Waals surface area contributed by atoms with Gasteiger partial charge in [-0.1, -0.05) is 12.1 Å². The van der Waals surface area contributed by atoms with Crippen LogP contribution >= 0.6 is 0 Å². The molecule has 0 radical (unpaired) electrons. The van der Waals surface area contributed by atoms with E-state index < -0.39 is 0 Å². The number of carbonyl (C=O) groups excluding carboxylic acids is 1. The Bertz CT molecular complexity index is 780. The Hall–Kier alpha value is -2.67. The van der Waals surface area contributed by atoms with E-state index in [2.05, 4.69) is 15.6 Å². The fourth-order valence-corrected chi connectivity index (χ4v) is 3.21. The smallest absolute Gasteiger partial charge is 0.126 e. The van der Waals surface area contributed by atoms with E-state index in [-0.39, 0.29) is 12.1 Å². The number of imidazole rings is 1. The van der Waals surface area contributed by atoms with E-state index >= 15 is 0 Å². The molecule has 3 rings (SSSR count). The van der Waals surface area contributed by atoms with Crippen molar-refractivity contribution in [3.8, 4) is 6.07 Å². The molecular weight excluding hydrogens is 290 g/mol. The van der Waals surface area contributed by atoms with Crippen LogP contribution in [0.25, 0.3) is 6.08 Å². The van der Waals surface area contributed by atoms with E-state index in [1.807, 2.05) is 37.1 Å². The summed E-state index contributed by atoms with van der Waals surface area (Å²) in [6, 6.07) is 9.67. The van der Waals surface area contributed by atoms with Gasteiger partial charge in [0.1, 0.15) is 5.94 Å². The van der Waals surface area contributed by atoms with Gasteiger partial charge in [0.05, 0.1) is 35.8 Å². The Kier molecular flexibility index (Phi) is 4.38. The third-order valence-electron chi connectivity index (χ3n) is 4.20. The number of nitrogens with zero attached hydrogens (tertiary/aromatic N) is 3. The molecule has 2 aromatic rings. The Morgan fingerprint density at radius 3 is 2.87 bits per heavy atom. The normalized spacial score (nSPS) is 19.5. The van der Waals surface area contributed by atoms with Gasteiger partial charge in [-0.05, 0) is 37.5 Å². The molecule has 0 bridgehead atoms. The highest BCUT2D eigenvalue weighted by Crippen LogP contribution is 2.34. The molecule has 116 valence electrons. The molecule has 0 aliphatic carbocycles. The summed E-state index contributed by atoms with van der Waals surface area (Å²) in [4.78, 5) is 15.0. The second kappa shape index (κ2) is 6.62. The second-order valence-corrected chi connectivity index (χ2v) is 5.46. The number of hydrogen-bond acceptors (Lipinski definition) is 4. The number of ether oxygens (including phenoxy) is 1. The van der Waals surface area contributed by atoms with E-state index in [0.29, 0.717) is 17.9 Å². The predicted molar refractivity (Wildman–Crippen MR) is 85.4 cm³/mol. The lowest BCUT2D eigenvalue weighted by Crippen LogP contribution is -2.33. The lowest BCUT2D eigenvalue weighted by molar-refractivity contribution is 0.0208. The summed E-state index contributed by atoms with van der Waals surface area (Å²) in [5.74, 6) is 1.81. The van der Waals surface area contributed by atoms with E-state index in [4.69, 9.17) is 10.00 Å². The highest BCUT2D eigenvalue weighted by Gasteiger charge is 2.32. The monoisotopic (exact) mass is 307 g/mol. The van der Waals surface area contributed by atoms with Gasteiger partial charge < -0.3 is 9.30 Å². The number of aromatic nitrogens is 2. The van der Waals surface area contributed by atoms with Crippen LogP contribution in [0.4, 0.5) is 0 Å². The van der Waals surface area contributed by atoms with Crippen molar-refractivity contribution in [2.24, 2.45) is 0 Å². The van der Waals surface area contributed by atoms with Gasteiger partial charge in [0.25, 0.3) is 0 Å². The molecule has 1 aliphatic heterocycles. The van der Waals surface area contributed by atoms with Crippen molar-refractivity contribution in [1.82, 2.24) is 9.55 Å². The van der Waals surface area contributed by atoms with Crippen LogP contribution in [0.15, 0.2) is 30.6 Å². The molecule has 23 heavy (non-hydrogen) atoms. The average Bonchev–Trinajstić information content (AvgIpc) is 2.99. The molecule has 0 saturated heterocycles. The summed E-state index contributed by atoms with van der Waals surface area (Å²) in [5.41, 5.74) is 3.41. The summed E-state index contributed by atoms with van der Waals surface area (Å²) in [5, 5.41) is 8.96. The fourth-order valence-electron chi connectivity index (χ4n) is 3.21. The van der Waals surface area contributed by atoms with Crippen LogP contribution in [-0.4, -0.2) is 28.2 Å². The standard InChI is InChI=1S/C18H17N3O2/c1-2-23-17-8-7-16-15(9-10-22)20-12-21(16)18(17)14-5-3-13(11-19)4-6-14/h3-6,9,12,17-18H,2,7-8H2,1H3. The van der Waals surface area contributed by atoms with E-state index in [1.165, 1.54) is 6.08 Å². The summed E-state index contributed by atoms with van der Waals surface area (Å²) in [6.45, 7) is 2.63. The minimum atomic E-state index is -0.00672. The van der Waals surface area contributed by atoms with Gasteiger partial charge >= 0.3 is 0 Å². The van der Waals surface area contributed by atoms with Gasteiger partial charge in [-0.25, -0.2) is 9.78 Å². The molecule has 5 heteroatoms. The van der Waals surface area contributed by atoms with E-state index in [1.54, 1.807) is 6.33 Å². The summed E-state index contributed by atoms with van der Waals surface area (Å²) >= 11 is 0. The van der Waals surface area contributed by atoms with Gasteiger partial charge in [0.2, 0.25) is 0 Å². The minimum absolute atomic E-state index is 0.00672. The third kappa shape index (κ3) is 2.83. The molecule has 0 fully saturated rings. The molecule has 0 spiro atoms. The second-order valence-electron chi connectivity index (χ2n) is 5.46. The first-order chi connectivity index (χ1) is 11.3. The number of hydrogen-bond donors (Lipinski definition) is 0. The largest absolute Gasteiger partial charge is 0.376 e. The molecule has 0 N–H and O–H groups in total. The Morgan fingerprint density at radius 2 is 2.22 bits per heavy atom.